The van der Waals surface area contributed by atoms with E-state index in [0.717, 1.165) is 0 Å². The summed E-state index contributed by atoms with van der Waals surface area (Å²) in [6, 6.07) is 13.9. The highest BCUT2D eigenvalue weighted by molar-refractivity contribution is 6.32. The second kappa shape index (κ2) is 9.82. The lowest BCUT2D eigenvalue weighted by Crippen LogP contribution is -2.35. The van der Waals surface area contributed by atoms with Crippen molar-refractivity contribution in [3.05, 3.63) is 64.7 Å². The molecule has 2 N–H and O–H groups in total. The maximum Gasteiger partial charge on any atom is 0.335 e. The van der Waals surface area contributed by atoms with Crippen LogP contribution in [0.4, 0.5) is 0 Å². The average molecular weight is 376 g/mol. The van der Waals surface area contributed by atoms with Crippen molar-refractivity contribution in [2.24, 2.45) is 0 Å². The fourth-order valence-electron chi connectivity index (χ4n) is 2.50. The number of carbonyl (C=O) groups excluding carboxylic acids is 1. The zero-order chi connectivity index (χ0) is 18.9. The molecule has 0 bridgehead atoms. The molecule has 0 fully saturated rings. The Hall–Kier alpha value is -2.53. The Morgan fingerprint density at radius 1 is 1.15 bits per heavy atom. The predicted octanol–water partition coefficient (Wildman–Crippen LogP) is 3.94. The molecular formula is C20H22ClNO4. The highest BCUT2D eigenvalue weighted by Crippen LogP contribution is 2.24. The van der Waals surface area contributed by atoms with E-state index >= 15 is 0 Å². The molecular weight excluding hydrogens is 354 g/mol. The number of nitrogens with one attached hydrogen (secondary N) is 1. The van der Waals surface area contributed by atoms with Crippen LogP contribution in [0.5, 0.6) is 5.75 Å². The monoisotopic (exact) mass is 375 g/mol. The summed E-state index contributed by atoms with van der Waals surface area (Å²) >= 11 is 6.09. The number of rotatable bonds is 9. The molecule has 1 atom stereocenters. The number of ether oxygens (including phenoxy) is 1. The molecule has 2 aromatic carbocycles. The molecule has 1 unspecified atom stereocenters. The van der Waals surface area contributed by atoms with Gasteiger partial charge in [-0.05, 0) is 36.6 Å². The number of carbonyl (C=O) groups is 2. The Kier molecular flexibility index (Phi) is 7.48. The van der Waals surface area contributed by atoms with E-state index in [1.54, 1.807) is 36.4 Å². The Labute approximate surface area is 157 Å². The summed E-state index contributed by atoms with van der Waals surface area (Å²) in [5, 5.41) is 12.5. The second-order valence-corrected chi connectivity index (χ2v) is 6.25. The normalized spacial score (nSPS) is 11.6. The van der Waals surface area contributed by atoms with E-state index in [2.05, 4.69) is 5.32 Å². The van der Waals surface area contributed by atoms with Gasteiger partial charge in [-0.1, -0.05) is 48.9 Å². The van der Waals surface area contributed by atoms with Crippen LogP contribution in [0.1, 0.15) is 35.7 Å². The first-order chi connectivity index (χ1) is 12.5. The van der Waals surface area contributed by atoms with Crippen molar-refractivity contribution in [1.82, 2.24) is 5.32 Å². The van der Waals surface area contributed by atoms with Crippen molar-refractivity contribution >= 4 is 23.5 Å². The first kappa shape index (κ1) is 19.8. The number of hydrogen-bond acceptors (Lipinski definition) is 3. The average Bonchev–Trinajstić information content (AvgIpc) is 2.65. The zero-order valence-electron chi connectivity index (χ0n) is 14.6. The lowest BCUT2D eigenvalue weighted by molar-refractivity contribution is -0.121. The fourth-order valence-corrected chi connectivity index (χ4v) is 2.68. The molecule has 6 heteroatoms. The molecule has 0 aliphatic rings. The highest BCUT2D eigenvalue weighted by Gasteiger charge is 2.14. The van der Waals surface area contributed by atoms with E-state index in [0.29, 0.717) is 35.7 Å². The van der Waals surface area contributed by atoms with Gasteiger partial charge in [0.15, 0.2) is 0 Å². The third-order valence-corrected chi connectivity index (χ3v) is 4.29. The van der Waals surface area contributed by atoms with Gasteiger partial charge in [0.05, 0.1) is 17.1 Å². The molecule has 1 amide bonds. The van der Waals surface area contributed by atoms with Crippen LogP contribution < -0.4 is 10.1 Å². The SMILES string of the molecule is CCC(CNC(=O)CCc1ccccc1C(=O)O)Oc1ccccc1Cl. The van der Waals surface area contributed by atoms with Crippen molar-refractivity contribution in [1.29, 1.82) is 0 Å². The van der Waals surface area contributed by atoms with E-state index in [-0.39, 0.29) is 24.0 Å². The summed E-state index contributed by atoms with van der Waals surface area (Å²) in [5.41, 5.74) is 0.878. The molecule has 0 heterocycles. The number of carboxylic acid groups (broad SMARTS) is 1. The minimum absolute atomic E-state index is 0.147. The first-order valence-electron chi connectivity index (χ1n) is 8.50. The molecule has 138 valence electrons. The number of hydrogen-bond donors (Lipinski definition) is 2. The second-order valence-electron chi connectivity index (χ2n) is 5.84. The summed E-state index contributed by atoms with van der Waals surface area (Å²) in [6.07, 6.45) is 1.11. The van der Waals surface area contributed by atoms with Gasteiger partial charge in [-0.25, -0.2) is 4.79 Å². The Balaban J connectivity index is 1.84. The van der Waals surface area contributed by atoms with Gasteiger partial charge < -0.3 is 15.2 Å². The number of aromatic carboxylic acids is 1. The number of aryl methyl sites for hydroxylation is 1. The van der Waals surface area contributed by atoms with Crippen molar-refractivity contribution in [3.8, 4) is 5.75 Å². The third-order valence-electron chi connectivity index (χ3n) is 3.98. The maximum absolute atomic E-state index is 12.1. The van der Waals surface area contributed by atoms with Crippen LogP contribution in [0.15, 0.2) is 48.5 Å². The van der Waals surface area contributed by atoms with Crippen LogP contribution in [0.25, 0.3) is 0 Å². The summed E-state index contributed by atoms with van der Waals surface area (Å²) in [5.74, 6) is -0.544. The van der Waals surface area contributed by atoms with Crippen LogP contribution in [0.2, 0.25) is 5.02 Å². The number of halogens is 1. The lowest BCUT2D eigenvalue weighted by Gasteiger charge is -2.19. The van der Waals surface area contributed by atoms with Gasteiger partial charge in [-0.2, -0.15) is 0 Å². The minimum Gasteiger partial charge on any atom is -0.487 e. The van der Waals surface area contributed by atoms with Crippen molar-refractivity contribution in [2.45, 2.75) is 32.3 Å². The Morgan fingerprint density at radius 3 is 2.54 bits per heavy atom. The molecule has 0 aromatic heterocycles. The molecule has 0 saturated carbocycles. The van der Waals surface area contributed by atoms with Gasteiger partial charge in [0.25, 0.3) is 0 Å². The smallest absolute Gasteiger partial charge is 0.335 e. The van der Waals surface area contributed by atoms with Crippen LogP contribution in [-0.2, 0) is 11.2 Å². The largest absolute Gasteiger partial charge is 0.487 e. The molecule has 5 nitrogen and oxygen atoms in total. The Morgan fingerprint density at radius 2 is 1.85 bits per heavy atom. The van der Waals surface area contributed by atoms with E-state index < -0.39 is 5.97 Å². The first-order valence-corrected chi connectivity index (χ1v) is 8.88. The summed E-state index contributed by atoms with van der Waals surface area (Å²) in [4.78, 5) is 23.3. The molecule has 26 heavy (non-hydrogen) atoms. The van der Waals surface area contributed by atoms with Gasteiger partial charge in [-0.15, -0.1) is 0 Å². The summed E-state index contributed by atoms with van der Waals surface area (Å²) < 4.78 is 5.83. The van der Waals surface area contributed by atoms with Crippen LogP contribution in [0.3, 0.4) is 0 Å². The maximum atomic E-state index is 12.1. The van der Waals surface area contributed by atoms with E-state index in [1.165, 1.54) is 0 Å². The van der Waals surface area contributed by atoms with Gasteiger partial charge in [0, 0.05) is 6.42 Å². The molecule has 0 saturated heterocycles. The predicted molar refractivity (Wildman–Crippen MR) is 101 cm³/mol. The lowest BCUT2D eigenvalue weighted by atomic mass is 10.0. The van der Waals surface area contributed by atoms with Gasteiger partial charge in [-0.3, -0.25) is 4.79 Å². The van der Waals surface area contributed by atoms with E-state index in [1.807, 2.05) is 19.1 Å². The zero-order valence-corrected chi connectivity index (χ0v) is 15.3. The molecule has 0 spiro atoms. The fraction of sp³-hybridized carbons (Fsp3) is 0.300. The van der Waals surface area contributed by atoms with Crippen molar-refractivity contribution < 1.29 is 19.4 Å². The van der Waals surface area contributed by atoms with E-state index in [4.69, 9.17) is 16.3 Å². The van der Waals surface area contributed by atoms with Gasteiger partial charge >= 0.3 is 5.97 Å². The number of amides is 1. The van der Waals surface area contributed by atoms with Gasteiger partial charge in [0.2, 0.25) is 5.91 Å². The molecule has 2 rings (SSSR count). The summed E-state index contributed by atoms with van der Waals surface area (Å²) in [6.45, 7) is 2.33. The third kappa shape index (κ3) is 5.77. The topological polar surface area (TPSA) is 75.6 Å². The van der Waals surface area contributed by atoms with E-state index in [9.17, 15) is 14.7 Å². The van der Waals surface area contributed by atoms with Crippen molar-refractivity contribution in [3.63, 3.8) is 0 Å². The number of para-hydroxylation sites is 1. The van der Waals surface area contributed by atoms with Gasteiger partial charge in [0.1, 0.15) is 11.9 Å². The standard InChI is InChI=1S/C20H22ClNO4/c1-2-15(26-18-10-6-5-9-17(18)21)13-22-19(23)12-11-14-7-3-4-8-16(14)20(24)25/h3-10,15H,2,11-13H2,1H3,(H,22,23)(H,24,25). The minimum atomic E-state index is -0.986. The molecule has 0 aliphatic carbocycles. The highest BCUT2D eigenvalue weighted by atomic mass is 35.5. The van der Waals surface area contributed by atoms with Crippen LogP contribution in [0, 0.1) is 0 Å². The molecule has 2 aromatic rings. The number of carboxylic acids is 1. The van der Waals surface area contributed by atoms with Crippen LogP contribution in [-0.4, -0.2) is 29.6 Å². The quantitative estimate of drug-likeness (QED) is 0.696. The summed E-state index contributed by atoms with van der Waals surface area (Å²) in [7, 11) is 0. The van der Waals surface area contributed by atoms with Crippen molar-refractivity contribution in [2.75, 3.05) is 6.54 Å². The molecule has 0 radical (unpaired) electrons. The number of benzene rings is 2. The Bertz CT molecular complexity index is 763. The van der Waals surface area contributed by atoms with Crippen LogP contribution >= 0.6 is 11.6 Å². The molecule has 0 aliphatic heterocycles.